The molecule has 0 atom stereocenters. The molecule has 0 amide bonds. The van der Waals surface area contributed by atoms with Gasteiger partial charge < -0.3 is 5.11 Å². The van der Waals surface area contributed by atoms with Crippen molar-refractivity contribution in [3.63, 3.8) is 0 Å². The number of fused-ring (bicyclic) bond motifs is 8. The minimum Gasteiger partial charge on any atom is -0.507 e. The topological polar surface area (TPSA) is 58.9 Å². The number of aromatic nitrogens is 3. The third-order valence-corrected chi connectivity index (χ3v) is 7.55. The average Bonchev–Trinajstić information content (AvgIpc) is 3.00. The zero-order valence-corrected chi connectivity index (χ0v) is 20.8. The van der Waals surface area contributed by atoms with Crippen LogP contribution in [-0.2, 0) is 0 Å². The van der Waals surface area contributed by atoms with Crippen molar-refractivity contribution >= 4 is 54.3 Å². The SMILES string of the molecule is Oc1cc2ccccc2c2c1c(-c1ccccc1)nc1cccc(-c3ccc4ccc5cccnc5c4n3)c12. The highest BCUT2D eigenvalue weighted by Crippen LogP contribution is 2.44. The lowest BCUT2D eigenvalue weighted by Crippen LogP contribution is -1.95. The monoisotopic (exact) mass is 499 g/mol. The molecule has 0 aliphatic heterocycles. The van der Waals surface area contributed by atoms with Crippen LogP contribution in [0.5, 0.6) is 5.75 Å². The first-order chi connectivity index (χ1) is 19.3. The van der Waals surface area contributed by atoms with E-state index in [0.717, 1.165) is 76.8 Å². The zero-order chi connectivity index (χ0) is 25.9. The van der Waals surface area contributed by atoms with Crippen LogP contribution in [0.25, 0.3) is 76.8 Å². The number of benzene rings is 5. The predicted octanol–water partition coefficient (Wildman–Crippen LogP) is 8.68. The number of phenols is 1. The number of aromatic hydroxyl groups is 1. The quantitative estimate of drug-likeness (QED) is 0.242. The van der Waals surface area contributed by atoms with Crippen molar-refractivity contribution in [2.75, 3.05) is 0 Å². The van der Waals surface area contributed by atoms with Gasteiger partial charge in [-0.3, -0.25) is 4.98 Å². The van der Waals surface area contributed by atoms with Gasteiger partial charge in [0.15, 0.2) is 0 Å². The van der Waals surface area contributed by atoms with E-state index in [1.165, 1.54) is 0 Å². The molecule has 5 aromatic carbocycles. The van der Waals surface area contributed by atoms with E-state index in [-0.39, 0.29) is 5.75 Å². The molecule has 0 aliphatic rings. The molecule has 0 unspecified atom stereocenters. The number of hydrogen-bond donors (Lipinski definition) is 1. The fraction of sp³-hybridized carbons (Fsp3) is 0. The van der Waals surface area contributed by atoms with E-state index in [9.17, 15) is 5.11 Å². The number of pyridine rings is 3. The van der Waals surface area contributed by atoms with Crippen LogP contribution in [0.4, 0.5) is 0 Å². The lowest BCUT2D eigenvalue weighted by molar-refractivity contribution is 0.482. The van der Waals surface area contributed by atoms with E-state index in [4.69, 9.17) is 9.97 Å². The summed E-state index contributed by atoms with van der Waals surface area (Å²) in [6.07, 6.45) is 1.81. The number of phenolic OH excluding ortho intramolecular Hbond substituents is 1. The Bertz CT molecular complexity index is 2240. The highest BCUT2D eigenvalue weighted by Gasteiger charge is 2.20. The molecule has 39 heavy (non-hydrogen) atoms. The summed E-state index contributed by atoms with van der Waals surface area (Å²) in [5.74, 6) is 0.216. The van der Waals surface area contributed by atoms with Gasteiger partial charge in [-0.2, -0.15) is 0 Å². The first-order valence-corrected chi connectivity index (χ1v) is 12.9. The number of rotatable bonds is 2. The van der Waals surface area contributed by atoms with Crippen LogP contribution < -0.4 is 0 Å². The predicted molar refractivity (Wildman–Crippen MR) is 160 cm³/mol. The second-order valence-electron chi connectivity index (χ2n) is 9.80. The van der Waals surface area contributed by atoms with Crippen molar-refractivity contribution in [2.45, 2.75) is 0 Å². The fourth-order valence-electron chi connectivity index (χ4n) is 5.80. The zero-order valence-electron chi connectivity index (χ0n) is 20.8. The van der Waals surface area contributed by atoms with Crippen LogP contribution in [0.3, 0.4) is 0 Å². The summed E-state index contributed by atoms with van der Waals surface area (Å²) in [5.41, 5.74) is 6.14. The van der Waals surface area contributed by atoms with Gasteiger partial charge >= 0.3 is 0 Å². The minimum atomic E-state index is 0.216. The van der Waals surface area contributed by atoms with E-state index in [2.05, 4.69) is 47.4 Å². The molecule has 4 nitrogen and oxygen atoms in total. The van der Waals surface area contributed by atoms with Gasteiger partial charge in [0.1, 0.15) is 5.75 Å². The molecule has 0 saturated heterocycles. The summed E-state index contributed by atoms with van der Waals surface area (Å²) in [5, 5.41) is 18.3. The van der Waals surface area contributed by atoms with Crippen molar-refractivity contribution in [3.05, 3.63) is 121 Å². The highest BCUT2D eigenvalue weighted by molar-refractivity contribution is 6.27. The lowest BCUT2D eigenvalue weighted by atomic mass is 9.91. The molecule has 0 spiro atoms. The molecule has 8 aromatic rings. The van der Waals surface area contributed by atoms with E-state index < -0.39 is 0 Å². The Morgan fingerprint density at radius 3 is 2.21 bits per heavy atom. The Hall–Kier alpha value is -5.35. The normalized spacial score (nSPS) is 11.7. The smallest absolute Gasteiger partial charge is 0.126 e. The Morgan fingerprint density at radius 1 is 0.538 bits per heavy atom. The Balaban J connectivity index is 1.55. The van der Waals surface area contributed by atoms with Gasteiger partial charge in [0.05, 0.1) is 33.3 Å². The van der Waals surface area contributed by atoms with E-state index in [1.807, 2.05) is 79.0 Å². The molecule has 3 aromatic heterocycles. The molecule has 0 saturated carbocycles. The Kier molecular flexibility index (Phi) is 4.64. The summed E-state index contributed by atoms with van der Waals surface area (Å²) in [6.45, 7) is 0. The molecule has 0 radical (unpaired) electrons. The molecule has 0 bridgehead atoms. The summed E-state index contributed by atoms with van der Waals surface area (Å²) in [7, 11) is 0. The van der Waals surface area contributed by atoms with E-state index in [1.54, 1.807) is 0 Å². The third-order valence-electron chi connectivity index (χ3n) is 7.55. The van der Waals surface area contributed by atoms with Gasteiger partial charge in [-0.15, -0.1) is 0 Å². The van der Waals surface area contributed by atoms with Crippen molar-refractivity contribution in [2.24, 2.45) is 0 Å². The molecular weight excluding hydrogens is 478 g/mol. The van der Waals surface area contributed by atoms with Crippen LogP contribution in [0, 0.1) is 0 Å². The van der Waals surface area contributed by atoms with Crippen LogP contribution in [0.2, 0.25) is 0 Å². The molecule has 182 valence electrons. The van der Waals surface area contributed by atoms with Crippen molar-refractivity contribution in [3.8, 4) is 28.3 Å². The highest BCUT2D eigenvalue weighted by atomic mass is 16.3. The van der Waals surface area contributed by atoms with E-state index >= 15 is 0 Å². The number of hydrogen-bond acceptors (Lipinski definition) is 4. The van der Waals surface area contributed by atoms with Crippen molar-refractivity contribution in [1.29, 1.82) is 0 Å². The number of nitrogens with zero attached hydrogens (tertiary/aromatic N) is 3. The first kappa shape index (κ1) is 21.7. The maximum Gasteiger partial charge on any atom is 0.126 e. The molecule has 1 N–H and O–H groups in total. The van der Waals surface area contributed by atoms with Crippen molar-refractivity contribution < 1.29 is 5.11 Å². The second kappa shape index (κ2) is 8.33. The first-order valence-electron chi connectivity index (χ1n) is 12.9. The lowest BCUT2D eigenvalue weighted by Gasteiger charge is -2.16. The average molecular weight is 500 g/mol. The molecule has 8 rings (SSSR count). The summed E-state index contributed by atoms with van der Waals surface area (Å²) < 4.78 is 0. The van der Waals surface area contributed by atoms with Gasteiger partial charge in [0.25, 0.3) is 0 Å². The van der Waals surface area contributed by atoms with Gasteiger partial charge in [-0.25, -0.2) is 9.97 Å². The maximum atomic E-state index is 11.4. The van der Waals surface area contributed by atoms with Gasteiger partial charge in [-0.05, 0) is 35.0 Å². The van der Waals surface area contributed by atoms with Crippen LogP contribution in [0.15, 0.2) is 121 Å². The minimum absolute atomic E-state index is 0.216. The summed E-state index contributed by atoms with van der Waals surface area (Å²) in [6, 6.07) is 38.6. The van der Waals surface area contributed by atoms with Gasteiger partial charge in [0, 0.05) is 38.9 Å². The summed E-state index contributed by atoms with van der Waals surface area (Å²) >= 11 is 0. The van der Waals surface area contributed by atoms with Gasteiger partial charge in [-0.1, -0.05) is 91.0 Å². The third kappa shape index (κ3) is 3.28. The van der Waals surface area contributed by atoms with Crippen molar-refractivity contribution in [1.82, 2.24) is 15.0 Å². The largest absolute Gasteiger partial charge is 0.507 e. The standard InChI is InChI=1S/C35H21N3O/c39-29-20-24-10-4-5-12-25(24)31-30-26(13-6-14-28(30)38-33(32(29)31)21-8-2-1-3-9-21)27-18-17-23-16-15-22-11-7-19-36-34(22)35(23)37-27/h1-20,39H. The van der Waals surface area contributed by atoms with Gasteiger partial charge in [0.2, 0.25) is 0 Å². The molecule has 3 heterocycles. The fourth-order valence-corrected chi connectivity index (χ4v) is 5.80. The van der Waals surface area contributed by atoms with Crippen LogP contribution in [0.1, 0.15) is 0 Å². The van der Waals surface area contributed by atoms with E-state index in [0.29, 0.717) is 0 Å². The van der Waals surface area contributed by atoms with Crippen LogP contribution >= 0.6 is 0 Å². The Morgan fingerprint density at radius 2 is 1.31 bits per heavy atom. The maximum absolute atomic E-state index is 11.4. The van der Waals surface area contributed by atoms with Crippen LogP contribution in [-0.4, -0.2) is 20.1 Å². The molecular formula is C35H21N3O. The summed E-state index contributed by atoms with van der Waals surface area (Å²) in [4.78, 5) is 14.9. The molecule has 0 fully saturated rings. The Labute approximate surface area is 223 Å². The molecule has 4 heteroatoms. The second-order valence-corrected chi connectivity index (χ2v) is 9.80. The molecule has 0 aliphatic carbocycles.